The van der Waals surface area contributed by atoms with Crippen LogP contribution in [0.25, 0.3) is 0 Å². The molecule has 3 atom stereocenters. The molecule has 0 aliphatic carbocycles. The number of carbonyl (C=O) groups excluding carboxylic acids is 2. The van der Waals surface area contributed by atoms with Crippen molar-refractivity contribution >= 4 is 51.9 Å². The van der Waals surface area contributed by atoms with Crippen molar-refractivity contribution < 1.29 is 24.3 Å². The fourth-order valence-corrected chi connectivity index (χ4v) is 4.38. The van der Waals surface area contributed by atoms with E-state index in [-0.39, 0.29) is 40.8 Å². The molecule has 2 aliphatic rings. The third kappa shape index (κ3) is 3.79. The number of aromatic nitrogens is 2. The number of anilines is 1. The number of thioether (sulfide) groups is 1. The Bertz CT molecular complexity index is 870. The fraction of sp³-hybridized carbons (Fsp3) is 0.429. The van der Waals surface area contributed by atoms with Gasteiger partial charge in [0.1, 0.15) is 23.7 Å². The van der Waals surface area contributed by atoms with Gasteiger partial charge in [0.15, 0.2) is 5.13 Å². The molecule has 1 saturated heterocycles. The van der Waals surface area contributed by atoms with Gasteiger partial charge in [0.25, 0.3) is 11.8 Å². The van der Waals surface area contributed by atoms with Gasteiger partial charge in [-0.15, -0.1) is 11.8 Å². The SMILES string of the molecule is CC1C=C(C(=O)O)N2C(=O)C(NC(=O)C(=NOCCN)c3nsc(N)n3)[C@@H]2S1. The summed E-state index contributed by atoms with van der Waals surface area (Å²) in [6.07, 6.45) is 1.50. The zero-order chi connectivity index (χ0) is 20.4. The van der Waals surface area contributed by atoms with Crippen molar-refractivity contribution in [2.75, 3.05) is 18.9 Å². The van der Waals surface area contributed by atoms with Crippen LogP contribution in [0, 0.1) is 0 Å². The predicted molar refractivity (Wildman–Crippen MR) is 101 cm³/mol. The number of nitrogens with two attached hydrogens (primary N) is 2. The van der Waals surface area contributed by atoms with E-state index in [2.05, 4.69) is 19.8 Å². The van der Waals surface area contributed by atoms with Crippen LogP contribution in [0.2, 0.25) is 0 Å². The van der Waals surface area contributed by atoms with E-state index in [1.165, 1.54) is 17.8 Å². The van der Waals surface area contributed by atoms with Gasteiger partial charge in [0, 0.05) is 23.3 Å². The number of carboxylic acid groups (broad SMARTS) is 1. The van der Waals surface area contributed by atoms with E-state index in [1.807, 2.05) is 6.92 Å². The molecule has 0 aromatic carbocycles. The molecule has 1 aromatic rings. The second kappa shape index (κ2) is 8.12. The summed E-state index contributed by atoms with van der Waals surface area (Å²) in [5.41, 5.74) is 10.5. The Morgan fingerprint density at radius 2 is 2.25 bits per heavy atom. The van der Waals surface area contributed by atoms with Crippen molar-refractivity contribution in [2.24, 2.45) is 10.9 Å². The van der Waals surface area contributed by atoms with Crippen LogP contribution >= 0.6 is 23.3 Å². The minimum Gasteiger partial charge on any atom is -0.477 e. The summed E-state index contributed by atoms with van der Waals surface area (Å²) in [7, 11) is 0. The molecule has 12 nitrogen and oxygen atoms in total. The van der Waals surface area contributed by atoms with Crippen molar-refractivity contribution in [2.45, 2.75) is 23.6 Å². The summed E-state index contributed by atoms with van der Waals surface area (Å²) < 4.78 is 3.93. The zero-order valence-corrected chi connectivity index (χ0v) is 16.2. The van der Waals surface area contributed by atoms with Gasteiger partial charge in [0.2, 0.25) is 11.5 Å². The third-order valence-electron chi connectivity index (χ3n) is 3.79. The molecule has 0 radical (unpaired) electrons. The van der Waals surface area contributed by atoms with E-state index in [4.69, 9.17) is 16.3 Å². The summed E-state index contributed by atoms with van der Waals surface area (Å²) in [5, 5.41) is 15.0. The summed E-state index contributed by atoms with van der Waals surface area (Å²) in [4.78, 5) is 46.5. The van der Waals surface area contributed by atoms with E-state index in [0.717, 1.165) is 16.4 Å². The van der Waals surface area contributed by atoms with Crippen LogP contribution in [0.3, 0.4) is 0 Å². The lowest BCUT2D eigenvalue weighted by Gasteiger charge is -2.49. The zero-order valence-electron chi connectivity index (χ0n) is 14.6. The van der Waals surface area contributed by atoms with Gasteiger partial charge in [-0.3, -0.25) is 14.5 Å². The van der Waals surface area contributed by atoms with E-state index < -0.39 is 29.2 Å². The number of hydrogen-bond donors (Lipinski definition) is 4. The Balaban J connectivity index is 1.77. The van der Waals surface area contributed by atoms with Gasteiger partial charge in [0.05, 0.1) is 0 Å². The second-order valence-corrected chi connectivity index (χ2v) is 8.05. The van der Waals surface area contributed by atoms with Crippen molar-refractivity contribution in [3.8, 4) is 0 Å². The van der Waals surface area contributed by atoms with Crippen molar-refractivity contribution in [3.63, 3.8) is 0 Å². The normalized spacial score (nSPS) is 24.1. The number of nitrogen functional groups attached to an aromatic ring is 1. The number of nitrogens with one attached hydrogen (secondary N) is 1. The number of oxime groups is 1. The number of aliphatic carboxylic acids is 1. The number of carboxylic acids is 1. The summed E-state index contributed by atoms with van der Waals surface area (Å²) in [5.74, 6) is -2.52. The van der Waals surface area contributed by atoms with E-state index in [9.17, 15) is 19.5 Å². The molecular weight excluding hydrogens is 410 g/mol. The van der Waals surface area contributed by atoms with Gasteiger partial charge < -0.3 is 26.7 Å². The number of amides is 2. The Morgan fingerprint density at radius 3 is 2.86 bits per heavy atom. The molecule has 0 spiro atoms. The minimum absolute atomic E-state index is 0.0450. The highest BCUT2D eigenvalue weighted by Crippen LogP contribution is 2.40. The molecule has 3 rings (SSSR count). The van der Waals surface area contributed by atoms with Crippen LogP contribution in [-0.2, 0) is 19.2 Å². The molecule has 1 aromatic heterocycles. The van der Waals surface area contributed by atoms with Crippen molar-refractivity contribution in [1.82, 2.24) is 19.6 Å². The first kappa shape index (κ1) is 20.0. The quantitative estimate of drug-likeness (QED) is 0.174. The lowest BCUT2D eigenvalue weighted by Crippen LogP contribution is -2.71. The number of rotatable bonds is 7. The van der Waals surface area contributed by atoms with Crippen LogP contribution in [0.5, 0.6) is 0 Å². The third-order valence-corrected chi connectivity index (χ3v) is 5.66. The second-order valence-electron chi connectivity index (χ2n) is 5.77. The van der Waals surface area contributed by atoms with Crippen LogP contribution in [0.4, 0.5) is 5.13 Å². The monoisotopic (exact) mass is 427 g/mol. The lowest BCUT2D eigenvalue weighted by molar-refractivity contribution is -0.150. The topological polar surface area (TPSA) is 186 Å². The average Bonchev–Trinajstić information content (AvgIpc) is 3.08. The highest BCUT2D eigenvalue weighted by Gasteiger charge is 2.54. The van der Waals surface area contributed by atoms with Crippen LogP contribution in [-0.4, -0.2) is 72.7 Å². The Labute approximate surface area is 167 Å². The maximum absolute atomic E-state index is 12.7. The van der Waals surface area contributed by atoms with Crippen LogP contribution < -0.4 is 16.8 Å². The minimum atomic E-state index is -1.20. The van der Waals surface area contributed by atoms with Crippen molar-refractivity contribution in [1.29, 1.82) is 0 Å². The smallest absolute Gasteiger partial charge is 0.352 e. The Kier molecular flexibility index (Phi) is 5.81. The largest absolute Gasteiger partial charge is 0.477 e. The number of fused-ring (bicyclic) bond motifs is 1. The first-order chi connectivity index (χ1) is 13.3. The molecule has 3 heterocycles. The first-order valence-corrected chi connectivity index (χ1v) is 9.79. The number of carbonyl (C=O) groups is 3. The van der Waals surface area contributed by atoms with Gasteiger partial charge in [-0.25, -0.2) is 4.79 Å². The predicted octanol–water partition coefficient (Wildman–Crippen LogP) is -1.44. The highest BCUT2D eigenvalue weighted by molar-refractivity contribution is 8.00. The molecule has 1 fully saturated rings. The molecule has 0 saturated carbocycles. The molecule has 0 bridgehead atoms. The molecule has 28 heavy (non-hydrogen) atoms. The van der Waals surface area contributed by atoms with E-state index >= 15 is 0 Å². The van der Waals surface area contributed by atoms with Gasteiger partial charge in [-0.05, 0) is 13.0 Å². The number of β-lactam (4-membered cyclic amide) rings is 1. The number of hydrogen-bond acceptors (Lipinski definition) is 11. The van der Waals surface area contributed by atoms with Gasteiger partial charge >= 0.3 is 5.97 Å². The Morgan fingerprint density at radius 1 is 1.50 bits per heavy atom. The summed E-state index contributed by atoms with van der Waals surface area (Å²) in [6.45, 7) is 2.06. The highest BCUT2D eigenvalue weighted by atomic mass is 32.2. The molecule has 150 valence electrons. The maximum Gasteiger partial charge on any atom is 0.352 e. The van der Waals surface area contributed by atoms with E-state index in [0.29, 0.717) is 0 Å². The average molecular weight is 427 g/mol. The molecule has 2 amide bonds. The van der Waals surface area contributed by atoms with Gasteiger partial charge in [-0.1, -0.05) is 5.16 Å². The summed E-state index contributed by atoms with van der Waals surface area (Å²) >= 11 is 2.23. The molecule has 2 unspecified atom stereocenters. The van der Waals surface area contributed by atoms with Crippen molar-refractivity contribution in [3.05, 3.63) is 17.6 Å². The first-order valence-electron chi connectivity index (χ1n) is 8.07. The molecule has 2 aliphatic heterocycles. The molecular formula is C14H17N7O5S2. The van der Waals surface area contributed by atoms with Crippen LogP contribution in [0.15, 0.2) is 16.9 Å². The number of nitrogens with zero attached hydrogens (tertiary/aromatic N) is 4. The maximum atomic E-state index is 12.7. The lowest BCUT2D eigenvalue weighted by atomic mass is 10.0. The van der Waals surface area contributed by atoms with E-state index in [1.54, 1.807) is 0 Å². The molecule has 14 heteroatoms. The van der Waals surface area contributed by atoms with Crippen LogP contribution in [0.1, 0.15) is 12.7 Å². The Hall–Kier alpha value is -2.71. The van der Waals surface area contributed by atoms with Gasteiger partial charge in [-0.2, -0.15) is 9.36 Å². The molecule has 6 N–H and O–H groups in total. The summed E-state index contributed by atoms with van der Waals surface area (Å²) in [6, 6.07) is -0.918. The standard InChI is InChI=1S/C14H17N7O5S2/c1-5-4-6(13(24)25)21-11(23)8(12(21)27-5)17-10(22)7(19-26-3-2-15)9-18-14(16)28-20-9/h4-5,8,12H,2-3,15H2,1H3,(H,17,22)(H,24,25)(H2,16,18,20)/t5?,8?,12-/m0/s1. The fourth-order valence-electron chi connectivity index (χ4n) is 2.62.